The van der Waals surface area contributed by atoms with Crippen molar-refractivity contribution >= 4 is 18.0 Å². The summed E-state index contributed by atoms with van der Waals surface area (Å²) in [6.45, 7) is 0.419. The number of aromatic hydroxyl groups is 1. The molecule has 0 saturated carbocycles. The Morgan fingerprint density at radius 3 is 2.46 bits per heavy atom. The SMILES string of the molecule is O=C(CCCNC(=O)c1ccccc1)NN=Cc1ccc(O)cc1. The summed E-state index contributed by atoms with van der Waals surface area (Å²) in [6.07, 6.45) is 2.29. The minimum Gasteiger partial charge on any atom is -0.508 e. The summed E-state index contributed by atoms with van der Waals surface area (Å²) in [4.78, 5) is 23.4. The van der Waals surface area contributed by atoms with Crippen LogP contribution >= 0.6 is 0 Å². The molecule has 24 heavy (non-hydrogen) atoms. The Bertz CT molecular complexity index is 697. The smallest absolute Gasteiger partial charge is 0.251 e. The molecule has 0 saturated heterocycles. The van der Waals surface area contributed by atoms with E-state index in [9.17, 15) is 9.59 Å². The molecule has 0 fully saturated rings. The van der Waals surface area contributed by atoms with Crippen LogP contribution in [0.25, 0.3) is 0 Å². The molecule has 0 aliphatic carbocycles. The first-order chi connectivity index (χ1) is 11.6. The first-order valence-corrected chi connectivity index (χ1v) is 7.59. The van der Waals surface area contributed by atoms with E-state index in [0.717, 1.165) is 5.56 Å². The Hall–Kier alpha value is -3.15. The maximum absolute atomic E-state index is 11.8. The van der Waals surface area contributed by atoms with Crippen LogP contribution in [-0.4, -0.2) is 29.7 Å². The maximum Gasteiger partial charge on any atom is 0.251 e. The van der Waals surface area contributed by atoms with Crippen LogP contribution in [0.15, 0.2) is 59.7 Å². The van der Waals surface area contributed by atoms with Gasteiger partial charge in [-0.3, -0.25) is 9.59 Å². The van der Waals surface area contributed by atoms with E-state index in [0.29, 0.717) is 18.5 Å². The molecule has 2 aromatic rings. The van der Waals surface area contributed by atoms with Gasteiger partial charge < -0.3 is 10.4 Å². The number of hydrogen-bond acceptors (Lipinski definition) is 4. The summed E-state index contributed by atoms with van der Waals surface area (Å²) in [7, 11) is 0. The summed E-state index contributed by atoms with van der Waals surface area (Å²) in [5.41, 5.74) is 3.79. The molecule has 0 spiro atoms. The van der Waals surface area contributed by atoms with Gasteiger partial charge >= 0.3 is 0 Å². The van der Waals surface area contributed by atoms with Crippen molar-refractivity contribution in [1.82, 2.24) is 10.7 Å². The van der Waals surface area contributed by atoms with Crippen molar-refractivity contribution < 1.29 is 14.7 Å². The first-order valence-electron chi connectivity index (χ1n) is 7.59. The molecule has 0 aliphatic rings. The summed E-state index contributed by atoms with van der Waals surface area (Å²) < 4.78 is 0. The number of hydrogen-bond donors (Lipinski definition) is 3. The zero-order chi connectivity index (χ0) is 17.2. The summed E-state index contributed by atoms with van der Waals surface area (Å²) >= 11 is 0. The monoisotopic (exact) mass is 325 g/mol. The second kappa shape index (κ2) is 9.09. The van der Waals surface area contributed by atoms with Gasteiger partial charge in [-0.25, -0.2) is 5.43 Å². The molecule has 2 amide bonds. The molecule has 0 aliphatic heterocycles. The molecule has 0 unspecified atom stereocenters. The number of carbonyl (C=O) groups excluding carboxylic acids is 2. The molecule has 0 aromatic heterocycles. The predicted octanol–water partition coefficient (Wildman–Crippen LogP) is 2.05. The highest BCUT2D eigenvalue weighted by atomic mass is 16.3. The molecule has 2 rings (SSSR count). The normalized spacial score (nSPS) is 10.5. The Morgan fingerprint density at radius 1 is 1.04 bits per heavy atom. The lowest BCUT2D eigenvalue weighted by molar-refractivity contribution is -0.121. The van der Waals surface area contributed by atoms with Crippen LogP contribution < -0.4 is 10.7 Å². The Labute approximate surface area is 140 Å². The number of phenolic OH excluding ortho intramolecular Hbond substituents is 1. The fourth-order valence-electron chi connectivity index (χ4n) is 1.94. The van der Waals surface area contributed by atoms with Gasteiger partial charge in [-0.05, 0) is 48.4 Å². The number of rotatable bonds is 7. The number of carbonyl (C=O) groups is 2. The van der Waals surface area contributed by atoms with Crippen molar-refractivity contribution in [1.29, 1.82) is 0 Å². The van der Waals surface area contributed by atoms with Crippen LogP contribution in [0.5, 0.6) is 5.75 Å². The average molecular weight is 325 g/mol. The topological polar surface area (TPSA) is 90.8 Å². The van der Waals surface area contributed by atoms with E-state index < -0.39 is 0 Å². The fourth-order valence-corrected chi connectivity index (χ4v) is 1.94. The van der Waals surface area contributed by atoms with Crippen molar-refractivity contribution in [2.45, 2.75) is 12.8 Å². The van der Waals surface area contributed by atoms with Gasteiger partial charge in [0, 0.05) is 18.5 Å². The van der Waals surface area contributed by atoms with Gasteiger partial charge in [0.15, 0.2) is 0 Å². The van der Waals surface area contributed by atoms with Gasteiger partial charge in [-0.2, -0.15) is 5.10 Å². The van der Waals surface area contributed by atoms with Crippen molar-refractivity contribution in [2.75, 3.05) is 6.54 Å². The van der Waals surface area contributed by atoms with Gasteiger partial charge in [0.25, 0.3) is 5.91 Å². The van der Waals surface area contributed by atoms with Gasteiger partial charge in [-0.1, -0.05) is 18.2 Å². The Kier molecular flexibility index (Phi) is 6.52. The molecule has 0 radical (unpaired) electrons. The minimum absolute atomic E-state index is 0.152. The van der Waals surface area contributed by atoms with Gasteiger partial charge in [-0.15, -0.1) is 0 Å². The number of phenols is 1. The van der Waals surface area contributed by atoms with E-state index in [4.69, 9.17) is 5.11 Å². The number of hydrazone groups is 1. The van der Waals surface area contributed by atoms with Crippen LogP contribution in [0.1, 0.15) is 28.8 Å². The van der Waals surface area contributed by atoms with E-state index in [1.807, 2.05) is 6.07 Å². The minimum atomic E-state index is -0.223. The van der Waals surface area contributed by atoms with E-state index in [1.165, 1.54) is 6.21 Å². The van der Waals surface area contributed by atoms with Crippen molar-refractivity contribution in [2.24, 2.45) is 5.10 Å². The molecule has 6 heteroatoms. The number of nitrogens with zero attached hydrogens (tertiary/aromatic N) is 1. The van der Waals surface area contributed by atoms with E-state index in [2.05, 4.69) is 15.8 Å². The standard InChI is InChI=1S/C18H19N3O3/c22-16-10-8-14(9-11-16)13-20-21-17(23)7-4-12-19-18(24)15-5-2-1-3-6-15/h1-3,5-6,8-11,13,22H,4,7,12H2,(H,19,24)(H,21,23). The summed E-state index contributed by atoms with van der Waals surface area (Å²) in [6, 6.07) is 15.4. The molecule has 3 N–H and O–H groups in total. The van der Waals surface area contributed by atoms with Crippen molar-refractivity contribution in [3.8, 4) is 5.75 Å². The first kappa shape index (κ1) is 17.2. The molecule has 2 aromatic carbocycles. The molecule has 124 valence electrons. The Balaban J connectivity index is 1.63. The quantitative estimate of drug-likeness (QED) is 0.413. The summed E-state index contributed by atoms with van der Waals surface area (Å²) in [5, 5.41) is 15.8. The zero-order valence-electron chi connectivity index (χ0n) is 13.1. The zero-order valence-corrected chi connectivity index (χ0v) is 13.1. The molecule has 0 heterocycles. The maximum atomic E-state index is 11.8. The second-order valence-corrected chi connectivity index (χ2v) is 5.11. The molecule has 0 bridgehead atoms. The molecule has 0 atom stereocenters. The summed E-state index contributed by atoms with van der Waals surface area (Å²) in [5.74, 6) is -0.200. The molecular weight excluding hydrogens is 306 g/mol. The van der Waals surface area contributed by atoms with Crippen molar-refractivity contribution in [3.63, 3.8) is 0 Å². The number of benzene rings is 2. The Morgan fingerprint density at radius 2 is 1.75 bits per heavy atom. The van der Waals surface area contributed by atoms with Crippen LogP contribution in [0, 0.1) is 0 Å². The third-order valence-electron chi connectivity index (χ3n) is 3.20. The van der Waals surface area contributed by atoms with Crippen LogP contribution in [-0.2, 0) is 4.79 Å². The number of nitrogens with one attached hydrogen (secondary N) is 2. The van der Waals surface area contributed by atoms with Gasteiger partial charge in [0.2, 0.25) is 5.91 Å². The second-order valence-electron chi connectivity index (χ2n) is 5.11. The highest BCUT2D eigenvalue weighted by Gasteiger charge is 2.04. The lowest BCUT2D eigenvalue weighted by Gasteiger charge is -2.04. The molecule has 6 nitrogen and oxygen atoms in total. The van der Waals surface area contributed by atoms with Crippen LogP contribution in [0.3, 0.4) is 0 Å². The van der Waals surface area contributed by atoms with Crippen molar-refractivity contribution in [3.05, 3.63) is 65.7 Å². The van der Waals surface area contributed by atoms with Gasteiger partial charge in [0.1, 0.15) is 5.75 Å². The van der Waals surface area contributed by atoms with Crippen LogP contribution in [0.4, 0.5) is 0 Å². The van der Waals surface area contributed by atoms with E-state index in [-0.39, 0.29) is 24.0 Å². The third kappa shape index (κ3) is 5.92. The van der Waals surface area contributed by atoms with Gasteiger partial charge in [0.05, 0.1) is 6.21 Å². The lowest BCUT2D eigenvalue weighted by Crippen LogP contribution is -2.26. The average Bonchev–Trinajstić information content (AvgIpc) is 2.61. The highest BCUT2D eigenvalue weighted by molar-refractivity contribution is 5.94. The highest BCUT2D eigenvalue weighted by Crippen LogP contribution is 2.07. The predicted molar refractivity (Wildman–Crippen MR) is 91.9 cm³/mol. The largest absolute Gasteiger partial charge is 0.508 e. The third-order valence-corrected chi connectivity index (χ3v) is 3.20. The van der Waals surface area contributed by atoms with E-state index >= 15 is 0 Å². The molecular formula is C18H19N3O3. The lowest BCUT2D eigenvalue weighted by atomic mass is 10.2. The van der Waals surface area contributed by atoms with Crippen LogP contribution in [0.2, 0.25) is 0 Å². The fraction of sp³-hybridized carbons (Fsp3) is 0.167. The number of amides is 2. The van der Waals surface area contributed by atoms with E-state index in [1.54, 1.807) is 48.5 Å².